The van der Waals surface area contributed by atoms with Gasteiger partial charge in [-0.2, -0.15) is 0 Å². The molecule has 34 heavy (non-hydrogen) atoms. The molecule has 180 valence electrons. The maximum Gasteiger partial charge on any atom is 0.337 e. The fourth-order valence-corrected chi connectivity index (χ4v) is 6.28. The van der Waals surface area contributed by atoms with Crippen LogP contribution in [0, 0.1) is 11.8 Å². The van der Waals surface area contributed by atoms with E-state index in [1.165, 1.54) is 18.2 Å². The van der Waals surface area contributed by atoms with E-state index in [0.29, 0.717) is 18.1 Å². The molecule has 2 aliphatic carbocycles. The molecule has 5 nitrogen and oxygen atoms in total. The second kappa shape index (κ2) is 9.27. The number of aliphatic hydroxyl groups excluding tert-OH is 1. The molecule has 4 atom stereocenters. The van der Waals surface area contributed by atoms with Gasteiger partial charge in [0.2, 0.25) is 0 Å². The average molecular weight is 482 g/mol. The molecule has 0 amide bonds. The number of aryl methyl sites for hydroxylation is 1. The molecule has 0 aromatic heterocycles. The summed E-state index contributed by atoms with van der Waals surface area (Å²) in [6.45, 7) is 5.94. The van der Waals surface area contributed by atoms with Crippen LogP contribution >= 0.6 is 11.6 Å². The van der Waals surface area contributed by atoms with Gasteiger partial charge in [0.1, 0.15) is 5.75 Å². The van der Waals surface area contributed by atoms with Gasteiger partial charge in [-0.15, -0.1) is 6.58 Å². The quantitative estimate of drug-likeness (QED) is 0.471. The van der Waals surface area contributed by atoms with E-state index >= 15 is 0 Å². The van der Waals surface area contributed by atoms with Gasteiger partial charge in [-0.25, -0.2) is 4.79 Å². The van der Waals surface area contributed by atoms with Gasteiger partial charge < -0.3 is 19.5 Å². The smallest absolute Gasteiger partial charge is 0.337 e. The first-order chi connectivity index (χ1) is 16.4. The largest absolute Gasteiger partial charge is 0.490 e. The number of rotatable bonds is 5. The van der Waals surface area contributed by atoms with Crippen LogP contribution in [0.5, 0.6) is 5.75 Å². The summed E-state index contributed by atoms with van der Waals surface area (Å²) in [6.07, 6.45) is 6.35. The van der Waals surface area contributed by atoms with Crippen LogP contribution in [0.25, 0.3) is 0 Å². The van der Waals surface area contributed by atoms with Crippen LogP contribution < -0.4 is 9.64 Å². The minimum atomic E-state index is -0.491. The fourth-order valence-electron chi connectivity index (χ4n) is 6.09. The lowest BCUT2D eigenvalue weighted by Gasteiger charge is -2.45. The lowest BCUT2D eigenvalue weighted by Crippen LogP contribution is -2.49. The molecule has 6 heteroatoms. The molecule has 1 fully saturated rings. The van der Waals surface area contributed by atoms with E-state index < -0.39 is 6.10 Å². The maximum absolute atomic E-state index is 12.3. The Balaban J connectivity index is 1.55. The molecule has 1 spiro atoms. The van der Waals surface area contributed by atoms with Crippen LogP contribution in [0.3, 0.4) is 0 Å². The Labute approximate surface area is 206 Å². The molecule has 1 aliphatic heterocycles. The van der Waals surface area contributed by atoms with E-state index in [0.717, 1.165) is 61.7 Å². The zero-order valence-corrected chi connectivity index (χ0v) is 20.4. The molecule has 0 radical (unpaired) electrons. The standard InChI is InChI=1S/C28H32ClNO4/c1-3-25(31)22-9-6-20(22)15-30-16-28(12-4-5-18-13-21(29)8-10-23(18)28)17-34-26-11-7-19(14-24(26)30)27(32)33-2/h3,7-8,10-11,13-14,20,22,25,31H,1,4-6,9,12,15-17H2,2H3/t20?,22-,25+,28+/m1/s1. The first-order valence-electron chi connectivity index (χ1n) is 12.1. The van der Waals surface area contributed by atoms with Crippen molar-refractivity contribution in [1.29, 1.82) is 0 Å². The number of hydrogen-bond donors (Lipinski definition) is 1. The van der Waals surface area contributed by atoms with Crippen molar-refractivity contribution >= 4 is 23.3 Å². The number of halogens is 1. The normalized spacial score (nSPS) is 26.4. The Bertz CT molecular complexity index is 1100. The summed E-state index contributed by atoms with van der Waals surface area (Å²) < 4.78 is 11.4. The predicted octanol–water partition coefficient (Wildman–Crippen LogP) is 5.17. The summed E-state index contributed by atoms with van der Waals surface area (Å²) in [5.41, 5.74) is 3.87. The highest BCUT2D eigenvalue weighted by Gasteiger charge is 2.44. The Morgan fingerprint density at radius 2 is 2.21 bits per heavy atom. The average Bonchev–Trinajstić information content (AvgIpc) is 2.98. The van der Waals surface area contributed by atoms with Crippen molar-refractivity contribution in [2.45, 2.75) is 43.6 Å². The van der Waals surface area contributed by atoms with Crippen LogP contribution in [0.4, 0.5) is 5.69 Å². The minimum absolute atomic E-state index is 0.168. The Morgan fingerprint density at radius 3 is 2.94 bits per heavy atom. The number of benzene rings is 2. The van der Waals surface area contributed by atoms with E-state index in [1.807, 2.05) is 18.2 Å². The Kier molecular flexibility index (Phi) is 6.34. The van der Waals surface area contributed by atoms with Gasteiger partial charge in [0, 0.05) is 23.5 Å². The van der Waals surface area contributed by atoms with Crippen molar-refractivity contribution in [1.82, 2.24) is 0 Å². The van der Waals surface area contributed by atoms with E-state index in [-0.39, 0.29) is 17.3 Å². The number of ether oxygens (including phenoxy) is 2. The summed E-state index contributed by atoms with van der Waals surface area (Å²) >= 11 is 6.34. The van der Waals surface area contributed by atoms with Gasteiger partial charge in [-0.1, -0.05) is 23.7 Å². The van der Waals surface area contributed by atoms with Crippen molar-refractivity contribution in [2.75, 3.05) is 31.7 Å². The molecule has 2 aromatic rings. The molecular formula is C28H32ClNO4. The van der Waals surface area contributed by atoms with Crippen molar-refractivity contribution in [3.63, 3.8) is 0 Å². The second-order valence-corrected chi connectivity index (χ2v) is 10.4. The topological polar surface area (TPSA) is 59.0 Å². The highest BCUT2D eigenvalue weighted by molar-refractivity contribution is 6.30. The monoisotopic (exact) mass is 481 g/mol. The van der Waals surface area contributed by atoms with Crippen LogP contribution in [-0.2, 0) is 16.6 Å². The lowest BCUT2D eigenvalue weighted by atomic mass is 9.68. The van der Waals surface area contributed by atoms with E-state index in [9.17, 15) is 9.90 Å². The van der Waals surface area contributed by atoms with Gasteiger partial charge in [0.25, 0.3) is 0 Å². The third-order valence-corrected chi connectivity index (χ3v) is 8.30. The Hall–Kier alpha value is -2.50. The molecular weight excluding hydrogens is 450 g/mol. The van der Waals surface area contributed by atoms with Gasteiger partial charge in [0.05, 0.1) is 31.1 Å². The minimum Gasteiger partial charge on any atom is -0.490 e. The number of esters is 1. The number of anilines is 1. The summed E-state index contributed by atoms with van der Waals surface area (Å²) in [5.74, 6) is 0.988. The fraction of sp³-hybridized carbons (Fsp3) is 0.464. The summed E-state index contributed by atoms with van der Waals surface area (Å²) in [6, 6.07) is 11.8. The number of nitrogens with zero attached hydrogens (tertiary/aromatic N) is 1. The maximum atomic E-state index is 12.3. The molecule has 1 saturated carbocycles. The van der Waals surface area contributed by atoms with Gasteiger partial charge >= 0.3 is 5.97 Å². The lowest BCUT2D eigenvalue weighted by molar-refractivity contribution is 0.0460. The van der Waals surface area contributed by atoms with E-state index in [1.54, 1.807) is 12.1 Å². The number of methoxy groups -OCH3 is 1. The van der Waals surface area contributed by atoms with Crippen LogP contribution in [0.1, 0.15) is 47.2 Å². The molecule has 1 heterocycles. The van der Waals surface area contributed by atoms with Crippen LogP contribution in [0.2, 0.25) is 5.02 Å². The molecule has 5 rings (SSSR count). The zero-order valence-electron chi connectivity index (χ0n) is 19.6. The highest BCUT2D eigenvalue weighted by Crippen LogP contribution is 2.46. The van der Waals surface area contributed by atoms with E-state index in [4.69, 9.17) is 21.1 Å². The number of fused-ring (bicyclic) bond motifs is 3. The molecule has 1 N–H and O–H groups in total. The molecule has 2 aromatic carbocycles. The van der Waals surface area contributed by atoms with E-state index in [2.05, 4.69) is 23.6 Å². The van der Waals surface area contributed by atoms with Crippen molar-refractivity contribution < 1.29 is 19.4 Å². The summed E-state index contributed by atoms with van der Waals surface area (Å²) in [4.78, 5) is 14.7. The van der Waals surface area contributed by atoms with Crippen molar-refractivity contribution in [3.8, 4) is 5.75 Å². The third-order valence-electron chi connectivity index (χ3n) is 8.07. The Morgan fingerprint density at radius 1 is 1.35 bits per heavy atom. The number of carbonyl (C=O) groups is 1. The zero-order chi connectivity index (χ0) is 23.9. The van der Waals surface area contributed by atoms with Gasteiger partial charge in [-0.05, 0) is 85.4 Å². The van der Waals surface area contributed by atoms with Crippen LogP contribution in [-0.4, -0.2) is 44.0 Å². The second-order valence-electron chi connectivity index (χ2n) is 10.0. The van der Waals surface area contributed by atoms with Crippen molar-refractivity contribution in [2.24, 2.45) is 11.8 Å². The SMILES string of the molecule is C=C[C@H](O)[C@@H]1CCC1CN1C[C@@]2(CCCc3cc(Cl)ccc32)COc2ccc(C(=O)OC)cc21. The van der Waals surface area contributed by atoms with Gasteiger partial charge in [-0.3, -0.25) is 0 Å². The third kappa shape index (κ3) is 4.09. The predicted molar refractivity (Wildman–Crippen MR) is 134 cm³/mol. The van der Waals surface area contributed by atoms with Gasteiger partial charge in [0.15, 0.2) is 0 Å². The van der Waals surface area contributed by atoms with Crippen LogP contribution in [0.15, 0.2) is 49.1 Å². The summed E-state index contributed by atoms with van der Waals surface area (Å²) in [7, 11) is 1.40. The molecule has 1 unspecified atom stereocenters. The highest BCUT2D eigenvalue weighted by atomic mass is 35.5. The molecule has 3 aliphatic rings. The first-order valence-corrected chi connectivity index (χ1v) is 12.5. The number of hydrogen-bond acceptors (Lipinski definition) is 5. The van der Waals surface area contributed by atoms with Crippen molar-refractivity contribution in [3.05, 3.63) is 70.8 Å². The molecule has 0 bridgehead atoms. The summed E-state index contributed by atoms with van der Waals surface area (Å²) in [5, 5.41) is 11.2. The first kappa shape index (κ1) is 23.3. The molecule has 0 saturated heterocycles. The number of carbonyl (C=O) groups excluding carboxylic acids is 1. The number of aliphatic hydroxyl groups is 1.